The van der Waals surface area contributed by atoms with Gasteiger partial charge in [0.05, 0.1) is 0 Å². The number of nitrogen functional groups attached to an aromatic ring is 1. The quantitative estimate of drug-likeness (QED) is 0.565. The van der Waals surface area contributed by atoms with Gasteiger partial charge in [0.25, 0.3) is 0 Å². The Labute approximate surface area is 99.5 Å². The Morgan fingerprint density at radius 1 is 0.938 bits per heavy atom. The van der Waals surface area contributed by atoms with E-state index >= 15 is 0 Å². The summed E-state index contributed by atoms with van der Waals surface area (Å²) in [6, 6.07) is 8.43. The maximum Gasteiger partial charge on any atom is 0.176 e. The molecule has 0 amide bonds. The van der Waals surface area contributed by atoms with Crippen LogP contribution in [0, 0.1) is 10.8 Å². The Bertz CT molecular complexity index is 362. The number of rotatable bonds is 1. The minimum atomic E-state index is 0.430. The molecular weight excluding hydrogens is 193 g/mol. The Balaban J connectivity index is 2.23. The molecule has 0 aliphatic carbocycles. The summed E-state index contributed by atoms with van der Waals surface area (Å²) in [6.07, 6.45) is 2.56. The van der Waals surface area contributed by atoms with E-state index in [4.69, 9.17) is 5.73 Å². The Hall–Kier alpha value is -0.915. The Morgan fingerprint density at radius 3 is 1.81 bits per heavy atom. The molecule has 1 aliphatic rings. The van der Waals surface area contributed by atoms with Gasteiger partial charge in [-0.3, -0.25) is 0 Å². The summed E-state index contributed by atoms with van der Waals surface area (Å²) in [5.41, 5.74) is 8.90. The standard InChI is InChI=1S/C14H22BN/c1-13(2)9-15(10-14(13,3)4)11-5-7-12(16)8-6-11/h5-8H,9-10,16H2,1-4H3. The second-order valence-corrected chi connectivity index (χ2v) is 6.54. The molecule has 1 fully saturated rings. The number of benzene rings is 1. The van der Waals surface area contributed by atoms with Crippen molar-refractivity contribution in [2.24, 2.45) is 10.8 Å². The molecule has 0 atom stereocenters. The van der Waals surface area contributed by atoms with Gasteiger partial charge in [-0.25, -0.2) is 0 Å². The fourth-order valence-corrected chi connectivity index (χ4v) is 2.86. The van der Waals surface area contributed by atoms with E-state index in [0.717, 1.165) is 5.69 Å². The van der Waals surface area contributed by atoms with Crippen LogP contribution in [0.4, 0.5) is 5.69 Å². The van der Waals surface area contributed by atoms with E-state index in [9.17, 15) is 0 Å². The second kappa shape index (κ2) is 3.54. The summed E-state index contributed by atoms with van der Waals surface area (Å²) in [7, 11) is 0. The first-order chi connectivity index (χ1) is 7.32. The average Bonchev–Trinajstić information content (AvgIpc) is 2.37. The number of hydrogen-bond donors (Lipinski definition) is 1. The molecule has 0 spiro atoms. The maximum absolute atomic E-state index is 5.73. The molecule has 1 aromatic rings. The van der Waals surface area contributed by atoms with E-state index in [-0.39, 0.29) is 0 Å². The lowest BCUT2D eigenvalue weighted by Gasteiger charge is -2.35. The summed E-state index contributed by atoms with van der Waals surface area (Å²) in [5, 5.41) is 0. The van der Waals surface area contributed by atoms with Crippen molar-refractivity contribution in [3.63, 3.8) is 0 Å². The lowest BCUT2D eigenvalue weighted by molar-refractivity contribution is 0.177. The second-order valence-electron chi connectivity index (χ2n) is 6.54. The topological polar surface area (TPSA) is 26.0 Å². The first-order valence-electron chi connectivity index (χ1n) is 6.17. The minimum Gasteiger partial charge on any atom is -0.399 e. The van der Waals surface area contributed by atoms with Crippen LogP contribution in [0.5, 0.6) is 0 Å². The highest BCUT2D eigenvalue weighted by molar-refractivity contribution is 6.74. The van der Waals surface area contributed by atoms with E-state index < -0.39 is 0 Å². The van der Waals surface area contributed by atoms with Gasteiger partial charge in [0, 0.05) is 5.69 Å². The van der Waals surface area contributed by atoms with Crippen LogP contribution in [0.15, 0.2) is 24.3 Å². The summed E-state index contributed by atoms with van der Waals surface area (Å²) < 4.78 is 0. The van der Waals surface area contributed by atoms with Gasteiger partial charge in [0.1, 0.15) is 0 Å². The monoisotopic (exact) mass is 215 g/mol. The summed E-state index contributed by atoms with van der Waals surface area (Å²) in [5.74, 6) is 0. The largest absolute Gasteiger partial charge is 0.399 e. The number of anilines is 1. The van der Waals surface area contributed by atoms with E-state index in [2.05, 4.69) is 39.8 Å². The third kappa shape index (κ3) is 1.86. The molecule has 1 heterocycles. The van der Waals surface area contributed by atoms with Gasteiger partial charge in [0.15, 0.2) is 6.71 Å². The minimum absolute atomic E-state index is 0.430. The highest BCUT2D eigenvalue weighted by Crippen LogP contribution is 2.52. The van der Waals surface area contributed by atoms with Crippen LogP contribution in [-0.2, 0) is 0 Å². The summed E-state index contributed by atoms with van der Waals surface area (Å²) >= 11 is 0. The van der Waals surface area contributed by atoms with E-state index in [0.29, 0.717) is 17.5 Å². The molecular formula is C14H22BN. The van der Waals surface area contributed by atoms with Gasteiger partial charge in [-0.2, -0.15) is 0 Å². The molecule has 2 N–H and O–H groups in total. The van der Waals surface area contributed by atoms with Crippen LogP contribution in [0.3, 0.4) is 0 Å². The van der Waals surface area contributed by atoms with Crippen molar-refractivity contribution in [3.8, 4) is 0 Å². The van der Waals surface area contributed by atoms with Gasteiger partial charge in [-0.1, -0.05) is 57.9 Å². The van der Waals surface area contributed by atoms with Crippen molar-refractivity contribution in [3.05, 3.63) is 24.3 Å². The first kappa shape index (κ1) is 11.6. The summed E-state index contributed by atoms with van der Waals surface area (Å²) in [4.78, 5) is 0. The average molecular weight is 215 g/mol. The molecule has 1 aromatic carbocycles. The molecule has 0 bridgehead atoms. The van der Waals surface area contributed by atoms with Gasteiger partial charge in [-0.05, 0) is 23.0 Å². The number of nitrogens with two attached hydrogens (primary N) is 1. The van der Waals surface area contributed by atoms with Crippen LogP contribution in [0.1, 0.15) is 27.7 Å². The van der Waals surface area contributed by atoms with Gasteiger partial charge in [0.2, 0.25) is 0 Å². The van der Waals surface area contributed by atoms with Crippen LogP contribution in [0.2, 0.25) is 12.6 Å². The Kier molecular flexibility index (Phi) is 2.56. The first-order valence-corrected chi connectivity index (χ1v) is 6.17. The normalized spacial score (nSPS) is 22.4. The number of hydrogen-bond acceptors (Lipinski definition) is 1. The SMILES string of the molecule is CC1(C)CB(c2ccc(N)cc2)CC1(C)C. The van der Waals surface area contributed by atoms with Crippen LogP contribution in [0.25, 0.3) is 0 Å². The molecule has 0 radical (unpaired) electrons. The fraction of sp³-hybridized carbons (Fsp3) is 0.571. The lowest BCUT2D eigenvalue weighted by atomic mass is 9.42. The van der Waals surface area contributed by atoms with Crippen molar-refractivity contribution < 1.29 is 0 Å². The Morgan fingerprint density at radius 2 is 1.38 bits per heavy atom. The smallest absolute Gasteiger partial charge is 0.176 e. The zero-order valence-corrected chi connectivity index (χ0v) is 10.9. The highest BCUT2D eigenvalue weighted by Gasteiger charge is 2.47. The predicted octanol–water partition coefficient (Wildman–Crippen LogP) is 3.04. The molecule has 0 saturated carbocycles. The van der Waals surface area contributed by atoms with Crippen LogP contribution < -0.4 is 11.2 Å². The highest BCUT2D eigenvalue weighted by atomic mass is 14.5. The molecule has 1 aliphatic heterocycles. The molecule has 2 rings (SSSR count). The van der Waals surface area contributed by atoms with Gasteiger partial charge >= 0.3 is 0 Å². The molecule has 0 unspecified atom stereocenters. The molecule has 0 aromatic heterocycles. The van der Waals surface area contributed by atoms with Crippen LogP contribution >= 0.6 is 0 Å². The lowest BCUT2D eigenvalue weighted by Crippen LogP contribution is -2.27. The maximum atomic E-state index is 5.73. The third-order valence-corrected chi connectivity index (χ3v) is 4.75. The van der Waals surface area contributed by atoms with Gasteiger partial charge in [-0.15, -0.1) is 0 Å². The van der Waals surface area contributed by atoms with E-state index in [1.165, 1.54) is 18.1 Å². The van der Waals surface area contributed by atoms with Crippen molar-refractivity contribution in [2.75, 3.05) is 5.73 Å². The van der Waals surface area contributed by atoms with E-state index in [1.807, 2.05) is 12.1 Å². The van der Waals surface area contributed by atoms with Crippen molar-refractivity contribution in [1.29, 1.82) is 0 Å². The van der Waals surface area contributed by atoms with Crippen molar-refractivity contribution >= 4 is 17.9 Å². The molecule has 2 heteroatoms. The zero-order valence-electron chi connectivity index (χ0n) is 10.9. The third-order valence-electron chi connectivity index (χ3n) is 4.75. The zero-order chi connectivity index (χ0) is 12.0. The molecule has 86 valence electrons. The van der Waals surface area contributed by atoms with E-state index in [1.54, 1.807) is 0 Å². The van der Waals surface area contributed by atoms with Crippen molar-refractivity contribution in [2.45, 2.75) is 40.3 Å². The predicted molar refractivity (Wildman–Crippen MR) is 73.4 cm³/mol. The molecule has 16 heavy (non-hydrogen) atoms. The van der Waals surface area contributed by atoms with Crippen LogP contribution in [-0.4, -0.2) is 6.71 Å². The summed E-state index contributed by atoms with van der Waals surface area (Å²) in [6.45, 7) is 10.3. The van der Waals surface area contributed by atoms with Crippen molar-refractivity contribution in [1.82, 2.24) is 0 Å². The molecule has 1 saturated heterocycles. The fourth-order valence-electron chi connectivity index (χ4n) is 2.86. The molecule has 1 nitrogen and oxygen atoms in total. The van der Waals surface area contributed by atoms with Gasteiger partial charge < -0.3 is 5.73 Å².